The van der Waals surface area contributed by atoms with Crippen LogP contribution in [0.5, 0.6) is 0 Å². The van der Waals surface area contributed by atoms with Gasteiger partial charge in [-0.25, -0.2) is 0 Å². The van der Waals surface area contributed by atoms with E-state index in [9.17, 15) is 35.7 Å². The summed E-state index contributed by atoms with van der Waals surface area (Å²) < 4.78 is 15.5. The van der Waals surface area contributed by atoms with Gasteiger partial charge in [-0.05, 0) is 0 Å². The minimum absolute atomic E-state index is 0.0271. The second kappa shape index (κ2) is 7.89. The van der Waals surface area contributed by atoms with Crippen molar-refractivity contribution in [2.75, 3.05) is 12.4 Å². The van der Waals surface area contributed by atoms with Crippen LogP contribution in [0.25, 0.3) is 0 Å². The molecule has 2 rings (SSSR count). The first kappa shape index (κ1) is 19.3. The Morgan fingerprint density at radius 3 is 2.00 bits per heavy atom. The molecule has 0 aromatic heterocycles. The number of aliphatic hydroxyl groups excluding tert-OH is 7. The molecule has 11 heteroatoms. The molecule has 7 N–H and O–H groups in total. The summed E-state index contributed by atoms with van der Waals surface area (Å²) in [6, 6.07) is 0. The fourth-order valence-electron chi connectivity index (χ4n) is 2.57. The first-order valence-electron chi connectivity index (χ1n) is 7.08. The van der Waals surface area contributed by atoms with Crippen molar-refractivity contribution < 1.29 is 50.0 Å². The van der Waals surface area contributed by atoms with Crippen molar-refractivity contribution in [3.8, 4) is 0 Å². The van der Waals surface area contributed by atoms with Crippen LogP contribution in [-0.2, 0) is 14.2 Å². The summed E-state index contributed by atoms with van der Waals surface area (Å²) in [6.45, 7) is -0.643. The van der Waals surface area contributed by atoms with E-state index in [1.807, 2.05) is 0 Å². The first-order chi connectivity index (χ1) is 10.8. The van der Waals surface area contributed by atoms with Gasteiger partial charge >= 0.3 is 0 Å². The monoisotopic (exact) mass is 358 g/mol. The molecule has 2 aliphatic heterocycles. The average molecular weight is 358 g/mol. The Kier molecular flexibility index (Phi) is 6.61. The number of thiol groups is 1. The van der Waals surface area contributed by atoms with E-state index in [2.05, 4.69) is 12.6 Å². The number of hydrogen-bond donors (Lipinski definition) is 8. The van der Waals surface area contributed by atoms with Gasteiger partial charge in [0.1, 0.15) is 42.7 Å². The highest BCUT2D eigenvalue weighted by molar-refractivity contribution is 7.80. The molecule has 5 unspecified atom stereocenters. The fourth-order valence-corrected chi connectivity index (χ4v) is 2.87. The van der Waals surface area contributed by atoms with Crippen molar-refractivity contribution in [2.45, 2.75) is 61.4 Å². The summed E-state index contributed by atoms with van der Waals surface area (Å²) in [4.78, 5) is 0. The summed E-state index contributed by atoms with van der Waals surface area (Å²) in [6.07, 6.45) is -14.6. The van der Waals surface area contributed by atoms with Crippen LogP contribution >= 0.6 is 12.6 Å². The van der Waals surface area contributed by atoms with Crippen LogP contribution in [-0.4, -0.2) is 110 Å². The van der Waals surface area contributed by atoms with Crippen molar-refractivity contribution in [1.82, 2.24) is 0 Å². The maximum Gasteiger partial charge on any atom is 0.187 e. The van der Waals surface area contributed by atoms with Crippen molar-refractivity contribution in [2.24, 2.45) is 0 Å². The van der Waals surface area contributed by atoms with E-state index >= 15 is 0 Å². The molecule has 2 aliphatic rings. The molecule has 0 radical (unpaired) electrons. The van der Waals surface area contributed by atoms with E-state index < -0.39 is 68.0 Å². The zero-order valence-corrected chi connectivity index (χ0v) is 12.9. The van der Waals surface area contributed by atoms with Crippen molar-refractivity contribution in [1.29, 1.82) is 0 Å². The lowest BCUT2D eigenvalue weighted by molar-refractivity contribution is -0.351. The molecular formula is C12H22O10S. The van der Waals surface area contributed by atoms with Crippen LogP contribution in [0.3, 0.4) is 0 Å². The van der Waals surface area contributed by atoms with Gasteiger partial charge in [0.05, 0.1) is 12.7 Å². The molecule has 23 heavy (non-hydrogen) atoms. The Morgan fingerprint density at radius 1 is 0.783 bits per heavy atom. The Labute approximate surface area is 137 Å². The third-order valence-corrected chi connectivity index (χ3v) is 4.34. The first-order valence-corrected chi connectivity index (χ1v) is 7.71. The quantitative estimate of drug-likeness (QED) is 0.229. The molecule has 0 bridgehead atoms. The van der Waals surface area contributed by atoms with Crippen molar-refractivity contribution in [3.63, 3.8) is 0 Å². The summed E-state index contributed by atoms with van der Waals surface area (Å²) in [5.74, 6) is 0.0271. The van der Waals surface area contributed by atoms with Gasteiger partial charge in [-0.3, -0.25) is 0 Å². The molecule has 0 aliphatic carbocycles. The van der Waals surface area contributed by atoms with E-state index in [4.69, 9.17) is 14.2 Å². The van der Waals surface area contributed by atoms with Crippen LogP contribution in [0, 0.1) is 0 Å². The van der Waals surface area contributed by atoms with Crippen molar-refractivity contribution in [3.05, 3.63) is 0 Å². The van der Waals surface area contributed by atoms with Crippen LogP contribution in [0.2, 0.25) is 0 Å². The molecule has 0 aromatic carbocycles. The average Bonchev–Trinajstić information content (AvgIpc) is 2.55. The Balaban J connectivity index is 2.11. The number of ether oxygens (including phenoxy) is 3. The van der Waals surface area contributed by atoms with Crippen molar-refractivity contribution >= 4 is 12.6 Å². The van der Waals surface area contributed by atoms with Crippen LogP contribution in [0.1, 0.15) is 0 Å². The van der Waals surface area contributed by atoms with E-state index in [0.717, 1.165) is 0 Å². The third-order valence-electron chi connectivity index (χ3n) is 3.98. The van der Waals surface area contributed by atoms with Gasteiger partial charge in [-0.1, -0.05) is 0 Å². The maximum absolute atomic E-state index is 9.98. The van der Waals surface area contributed by atoms with Crippen LogP contribution in [0.15, 0.2) is 0 Å². The lowest BCUT2D eigenvalue weighted by Crippen LogP contribution is -2.64. The summed E-state index contributed by atoms with van der Waals surface area (Å²) >= 11 is 3.96. The largest absolute Gasteiger partial charge is 0.394 e. The van der Waals surface area contributed by atoms with E-state index in [1.165, 1.54) is 0 Å². The normalized spacial score (nSPS) is 51.7. The van der Waals surface area contributed by atoms with Gasteiger partial charge in [0.25, 0.3) is 0 Å². The molecule has 10 nitrogen and oxygen atoms in total. The number of aliphatic hydroxyl groups is 7. The predicted octanol–water partition coefficient (Wildman–Crippen LogP) is -4.46. The minimum Gasteiger partial charge on any atom is -0.394 e. The topological polar surface area (TPSA) is 169 Å². The lowest BCUT2D eigenvalue weighted by atomic mass is 9.97. The second-order valence-corrected chi connectivity index (χ2v) is 5.89. The van der Waals surface area contributed by atoms with Gasteiger partial charge in [0.2, 0.25) is 0 Å². The van der Waals surface area contributed by atoms with Gasteiger partial charge in [-0.15, -0.1) is 0 Å². The van der Waals surface area contributed by atoms with Gasteiger partial charge in [0.15, 0.2) is 12.6 Å². The molecule has 0 aromatic rings. The minimum atomic E-state index is -1.71. The maximum atomic E-state index is 9.98. The highest BCUT2D eigenvalue weighted by Crippen LogP contribution is 2.28. The zero-order valence-electron chi connectivity index (χ0n) is 12.0. The molecule has 2 heterocycles. The van der Waals surface area contributed by atoms with E-state index in [-0.39, 0.29) is 5.75 Å². The summed E-state index contributed by atoms with van der Waals surface area (Å²) in [5.41, 5.74) is 0. The number of rotatable bonds is 4. The van der Waals surface area contributed by atoms with Crippen LogP contribution in [0.4, 0.5) is 0 Å². The molecule has 136 valence electrons. The number of hydrogen-bond acceptors (Lipinski definition) is 11. The zero-order chi connectivity index (χ0) is 17.3. The Bertz CT molecular complexity index is 383. The standard InChI is InChI=1S/C12H22O10S/c13-1-3-10(7(16)8(17)11(19)20-3)22-12-9(18)6(15)5(14)4(2-23)21-12/h3-19,23H,1-2H2/t3?,4?,5-,6+,7-,8?,9?,10-,11?,12+/m1/s1. The molecule has 0 saturated carbocycles. The second-order valence-electron chi connectivity index (χ2n) is 5.53. The lowest BCUT2D eigenvalue weighted by Gasteiger charge is -2.45. The molecule has 0 amide bonds. The summed E-state index contributed by atoms with van der Waals surface area (Å²) in [5, 5.41) is 67.7. The van der Waals surface area contributed by atoms with Gasteiger partial charge in [0, 0.05) is 5.75 Å². The smallest absolute Gasteiger partial charge is 0.187 e. The highest BCUT2D eigenvalue weighted by Gasteiger charge is 2.49. The molecule has 0 spiro atoms. The van der Waals surface area contributed by atoms with Crippen LogP contribution < -0.4 is 0 Å². The Hall–Kier alpha value is -0.0500. The highest BCUT2D eigenvalue weighted by atomic mass is 32.1. The molecular weight excluding hydrogens is 336 g/mol. The SMILES string of the molecule is OCC1OC(O)C(O)[C@@H](O)[C@@H]1O[C@@H]1OC(CS)[C@@H](O)[C@H](O)C1O. The molecule has 2 saturated heterocycles. The third kappa shape index (κ3) is 3.80. The fraction of sp³-hybridized carbons (Fsp3) is 1.00. The summed E-state index contributed by atoms with van der Waals surface area (Å²) in [7, 11) is 0. The molecule has 2 fully saturated rings. The van der Waals surface area contributed by atoms with E-state index in [0.29, 0.717) is 0 Å². The van der Waals surface area contributed by atoms with Gasteiger partial charge in [-0.2, -0.15) is 12.6 Å². The predicted molar refractivity (Wildman–Crippen MR) is 75.4 cm³/mol. The van der Waals surface area contributed by atoms with E-state index in [1.54, 1.807) is 0 Å². The molecule has 10 atom stereocenters. The van der Waals surface area contributed by atoms with Gasteiger partial charge < -0.3 is 50.0 Å². The Morgan fingerprint density at radius 2 is 1.43 bits per heavy atom.